The molecule has 0 fully saturated rings. The summed E-state index contributed by atoms with van der Waals surface area (Å²) in [4.78, 5) is 15.2. The number of pyridine rings is 1. The summed E-state index contributed by atoms with van der Waals surface area (Å²) in [6.45, 7) is 5.03. The Labute approximate surface area is 135 Å². The summed E-state index contributed by atoms with van der Waals surface area (Å²) in [6.07, 6.45) is 1.69. The SMILES string of the molecule is Cc1cc(C)c(-c2cccc3c2OCCC3CNC(=O)O)cn1. The van der Waals surface area contributed by atoms with Crippen LogP contribution in [0.4, 0.5) is 4.79 Å². The van der Waals surface area contributed by atoms with Crippen molar-refractivity contribution in [1.29, 1.82) is 0 Å². The van der Waals surface area contributed by atoms with E-state index in [0.29, 0.717) is 13.2 Å². The zero-order chi connectivity index (χ0) is 16.4. The molecule has 1 unspecified atom stereocenters. The third-order valence-electron chi connectivity index (χ3n) is 4.24. The number of para-hydroxylation sites is 1. The molecule has 1 atom stereocenters. The van der Waals surface area contributed by atoms with Gasteiger partial charge in [0, 0.05) is 35.5 Å². The van der Waals surface area contributed by atoms with Crippen LogP contribution < -0.4 is 10.1 Å². The van der Waals surface area contributed by atoms with Gasteiger partial charge in [-0.3, -0.25) is 4.98 Å². The van der Waals surface area contributed by atoms with Crippen molar-refractivity contribution in [2.45, 2.75) is 26.2 Å². The molecular weight excluding hydrogens is 292 g/mol. The number of benzene rings is 1. The van der Waals surface area contributed by atoms with Crippen molar-refractivity contribution < 1.29 is 14.6 Å². The first-order valence-corrected chi connectivity index (χ1v) is 7.72. The number of aromatic nitrogens is 1. The lowest BCUT2D eigenvalue weighted by atomic mass is 9.89. The summed E-state index contributed by atoms with van der Waals surface area (Å²) in [7, 11) is 0. The molecule has 2 heterocycles. The number of hydrogen-bond acceptors (Lipinski definition) is 3. The first kappa shape index (κ1) is 15.3. The van der Waals surface area contributed by atoms with Gasteiger partial charge in [0.25, 0.3) is 0 Å². The average Bonchev–Trinajstić information content (AvgIpc) is 2.52. The van der Waals surface area contributed by atoms with E-state index in [4.69, 9.17) is 9.84 Å². The van der Waals surface area contributed by atoms with Gasteiger partial charge in [0.1, 0.15) is 5.75 Å². The van der Waals surface area contributed by atoms with Crippen LogP contribution in [-0.2, 0) is 0 Å². The minimum absolute atomic E-state index is 0.133. The van der Waals surface area contributed by atoms with Crippen LogP contribution in [0.2, 0.25) is 0 Å². The van der Waals surface area contributed by atoms with Crippen molar-refractivity contribution in [1.82, 2.24) is 10.3 Å². The summed E-state index contributed by atoms with van der Waals surface area (Å²) < 4.78 is 5.93. The van der Waals surface area contributed by atoms with Crippen LogP contribution in [0.25, 0.3) is 11.1 Å². The van der Waals surface area contributed by atoms with Crippen LogP contribution in [-0.4, -0.2) is 29.3 Å². The van der Waals surface area contributed by atoms with Gasteiger partial charge in [-0.05, 0) is 37.5 Å². The molecule has 0 saturated carbocycles. The quantitative estimate of drug-likeness (QED) is 0.910. The summed E-state index contributed by atoms with van der Waals surface area (Å²) in [5.41, 5.74) is 5.27. The zero-order valence-electron chi connectivity index (χ0n) is 13.3. The van der Waals surface area contributed by atoms with Gasteiger partial charge in [-0.2, -0.15) is 0 Å². The van der Waals surface area contributed by atoms with Crippen LogP contribution in [0.5, 0.6) is 5.75 Å². The van der Waals surface area contributed by atoms with Crippen LogP contribution >= 0.6 is 0 Å². The van der Waals surface area contributed by atoms with Gasteiger partial charge in [-0.15, -0.1) is 0 Å². The number of aryl methyl sites for hydroxylation is 2. The fourth-order valence-corrected chi connectivity index (χ4v) is 3.11. The third-order valence-corrected chi connectivity index (χ3v) is 4.24. The number of carboxylic acid groups (broad SMARTS) is 1. The fraction of sp³-hybridized carbons (Fsp3) is 0.333. The van der Waals surface area contributed by atoms with Crippen molar-refractivity contribution in [3.8, 4) is 16.9 Å². The Morgan fingerprint density at radius 2 is 2.22 bits per heavy atom. The summed E-state index contributed by atoms with van der Waals surface area (Å²) in [5, 5.41) is 11.3. The highest BCUT2D eigenvalue weighted by atomic mass is 16.5. The lowest BCUT2D eigenvalue weighted by Crippen LogP contribution is -2.29. The van der Waals surface area contributed by atoms with Crippen molar-refractivity contribution in [2.75, 3.05) is 13.2 Å². The lowest BCUT2D eigenvalue weighted by Gasteiger charge is -2.28. The van der Waals surface area contributed by atoms with E-state index in [9.17, 15) is 4.79 Å². The van der Waals surface area contributed by atoms with Gasteiger partial charge in [-0.25, -0.2) is 4.79 Å². The van der Waals surface area contributed by atoms with Gasteiger partial charge in [-0.1, -0.05) is 18.2 Å². The molecule has 5 heteroatoms. The van der Waals surface area contributed by atoms with Gasteiger partial charge in [0.2, 0.25) is 0 Å². The Balaban J connectivity index is 2.01. The molecular formula is C18H20N2O3. The second-order valence-electron chi connectivity index (χ2n) is 5.88. The maximum absolute atomic E-state index is 10.8. The van der Waals surface area contributed by atoms with Crippen LogP contribution in [0, 0.1) is 13.8 Å². The second kappa shape index (κ2) is 6.28. The summed E-state index contributed by atoms with van der Waals surface area (Å²) in [6, 6.07) is 8.10. The average molecular weight is 312 g/mol. The predicted molar refractivity (Wildman–Crippen MR) is 88.0 cm³/mol. The molecule has 23 heavy (non-hydrogen) atoms. The molecule has 3 rings (SSSR count). The smallest absolute Gasteiger partial charge is 0.404 e. The highest BCUT2D eigenvalue weighted by Crippen LogP contribution is 2.41. The van der Waals surface area contributed by atoms with Crippen molar-refractivity contribution in [2.24, 2.45) is 0 Å². The Bertz CT molecular complexity index is 743. The van der Waals surface area contributed by atoms with Crippen LogP contribution in [0.3, 0.4) is 0 Å². The minimum Gasteiger partial charge on any atom is -0.493 e. The third kappa shape index (κ3) is 3.13. The lowest BCUT2D eigenvalue weighted by molar-refractivity contribution is 0.191. The maximum atomic E-state index is 10.8. The molecule has 1 aliphatic rings. The molecule has 0 saturated heterocycles. The Morgan fingerprint density at radius 3 is 2.96 bits per heavy atom. The van der Waals surface area contributed by atoms with E-state index in [-0.39, 0.29) is 5.92 Å². The molecule has 2 N–H and O–H groups in total. The first-order valence-electron chi connectivity index (χ1n) is 7.72. The number of hydrogen-bond donors (Lipinski definition) is 2. The number of amides is 1. The van der Waals surface area contributed by atoms with Crippen LogP contribution in [0.15, 0.2) is 30.5 Å². The monoisotopic (exact) mass is 312 g/mol. The van der Waals surface area contributed by atoms with Gasteiger partial charge < -0.3 is 15.2 Å². The largest absolute Gasteiger partial charge is 0.493 e. The molecule has 1 aromatic carbocycles. The van der Waals surface area contributed by atoms with E-state index < -0.39 is 6.09 Å². The second-order valence-corrected chi connectivity index (χ2v) is 5.88. The fourth-order valence-electron chi connectivity index (χ4n) is 3.11. The molecule has 0 bridgehead atoms. The molecule has 2 aromatic rings. The maximum Gasteiger partial charge on any atom is 0.404 e. The molecule has 0 spiro atoms. The highest BCUT2D eigenvalue weighted by Gasteiger charge is 2.25. The molecule has 0 aliphatic carbocycles. The standard InChI is InChI=1S/C18H20N2O3/c1-11-8-12(2)19-10-16(11)15-5-3-4-14-13(9-20-18(21)22)6-7-23-17(14)15/h3-5,8,10,13,20H,6-7,9H2,1-2H3,(H,21,22). The molecule has 5 nitrogen and oxygen atoms in total. The topological polar surface area (TPSA) is 71.5 Å². The Morgan fingerprint density at radius 1 is 1.39 bits per heavy atom. The summed E-state index contributed by atoms with van der Waals surface area (Å²) in [5.74, 6) is 0.984. The number of rotatable bonds is 3. The minimum atomic E-state index is -0.993. The van der Waals surface area contributed by atoms with Crippen molar-refractivity contribution in [3.63, 3.8) is 0 Å². The number of carbonyl (C=O) groups is 1. The number of nitrogens with one attached hydrogen (secondary N) is 1. The van der Waals surface area contributed by atoms with Crippen molar-refractivity contribution in [3.05, 3.63) is 47.3 Å². The van der Waals surface area contributed by atoms with Gasteiger partial charge in [0.15, 0.2) is 0 Å². The predicted octanol–water partition coefficient (Wildman–Crippen LogP) is 3.50. The van der Waals surface area contributed by atoms with Crippen molar-refractivity contribution >= 4 is 6.09 Å². The summed E-state index contributed by atoms with van der Waals surface area (Å²) >= 11 is 0. The van der Waals surface area contributed by atoms with E-state index in [1.54, 1.807) is 0 Å². The molecule has 0 radical (unpaired) electrons. The number of ether oxygens (including phenoxy) is 1. The molecule has 1 amide bonds. The highest BCUT2D eigenvalue weighted by molar-refractivity contribution is 5.75. The van der Waals surface area contributed by atoms with E-state index in [2.05, 4.69) is 23.3 Å². The zero-order valence-corrected chi connectivity index (χ0v) is 13.3. The molecule has 1 aromatic heterocycles. The van der Waals surface area contributed by atoms with Gasteiger partial charge in [0.05, 0.1) is 6.61 Å². The molecule has 1 aliphatic heterocycles. The number of fused-ring (bicyclic) bond motifs is 1. The normalized spacial score (nSPS) is 16.3. The Hall–Kier alpha value is -2.56. The van der Waals surface area contributed by atoms with E-state index >= 15 is 0 Å². The first-order chi connectivity index (χ1) is 11.1. The molecule has 120 valence electrons. The van der Waals surface area contributed by atoms with E-state index in [0.717, 1.165) is 40.1 Å². The van der Waals surface area contributed by atoms with E-state index in [1.165, 1.54) is 0 Å². The van der Waals surface area contributed by atoms with Gasteiger partial charge >= 0.3 is 6.09 Å². The van der Waals surface area contributed by atoms with E-state index in [1.807, 2.05) is 31.3 Å². The van der Waals surface area contributed by atoms with Crippen LogP contribution in [0.1, 0.15) is 29.2 Å². The number of nitrogens with zero attached hydrogens (tertiary/aromatic N) is 1. The Kier molecular flexibility index (Phi) is 4.19.